The molecule has 1 atom stereocenters. The van der Waals surface area contributed by atoms with Gasteiger partial charge in [-0.2, -0.15) is 0 Å². The van der Waals surface area contributed by atoms with E-state index in [0.717, 1.165) is 31.1 Å². The lowest BCUT2D eigenvalue weighted by Gasteiger charge is -2.35. The van der Waals surface area contributed by atoms with Gasteiger partial charge in [-0.3, -0.25) is 4.90 Å². The summed E-state index contributed by atoms with van der Waals surface area (Å²) < 4.78 is 29.2. The average Bonchev–Trinajstić information content (AvgIpc) is 2.97. The zero-order valence-corrected chi connectivity index (χ0v) is 14.9. The number of nitrogens with zero attached hydrogens (tertiary/aromatic N) is 1. The molecule has 0 amide bonds. The number of piperazine rings is 1. The molecule has 2 nitrogen and oxygen atoms in total. The SMILES string of the molecule is Cl.Fc1cc(Br)cc(F)c1[C@@H](c1cccs1)N1CCNCC1. The zero-order chi connectivity index (χ0) is 14.8. The van der Waals surface area contributed by atoms with Crippen LogP contribution in [0, 0.1) is 11.6 Å². The van der Waals surface area contributed by atoms with Crippen molar-refractivity contribution in [2.24, 2.45) is 0 Å². The van der Waals surface area contributed by atoms with Crippen LogP contribution in [0.5, 0.6) is 0 Å². The molecule has 0 unspecified atom stereocenters. The van der Waals surface area contributed by atoms with Crippen molar-refractivity contribution in [2.45, 2.75) is 6.04 Å². The summed E-state index contributed by atoms with van der Waals surface area (Å²) >= 11 is 4.67. The molecule has 2 heterocycles. The van der Waals surface area contributed by atoms with E-state index in [1.807, 2.05) is 17.5 Å². The highest BCUT2D eigenvalue weighted by atomic mass is 79.9. The fourth-order valence-electron chi connectivity index (χ4n) is 2.71. The second kappa shape index (κ2) is 7.84. The highest BCUT2D eigenvalue weighted by molar-refractivity contribution is 9.10. The van der Waals surface area contributed by atoms with Crippen molar-refractivity contribution in [1.29, 1.82) is 0 Å². The monoisotopic (exact) mass is 408 g/mol. The van der Waals surface area contributed by atoms with Crippen molar-refractivity contribution >= 4 is 39.7 Å². The molecular formula is C15H16BrClF2N2S. The quantitative estimate of drug-likeness (QED) is 0.817. The number of hydrogen-bond donors (Lipinski definition) is 1. The molecule has 1 aromatic heterocycles. The van der Waals surface area contributed by atoms with E-state index in [9.17, 15) is 8.78 Å². The second-order valence-corrected chi connectivity index (χ2v) is 6.88. The fourth-order valence-corrected chi connectivity index (χ4v) is 3.98. The summed E-state index contributed by atoms with van der Waals surface area (Å²) in [4.78, 5) is 3.11. The molecule has 0 bridgehead atoms. The summed E-state index contributed by atoms with van der Waals surface area (Å²) in [6.07, 6.45) is 0. The Hall–Kier alpha value is -0.530. The Labute approximate surface area is 147 Å². The molecule has 1 fully saturated rings. The van der Waals surface area contributed by atoms with Gasteiger partial charge in [-0.05, 0) is 23.6 Å². The van der Waals surface area contributed by atoms with Crippen LogP contribution in [-0.4, -0.2) is 31.1 Å². The van der Waals surface area contributed by atoms with Crippen LogP contribution in [0.15, 0.2) is 34.1 Å². The van der Waals surface area contributed by atoms with E-state index in [0.29, 0.717) is 4.47 Å². The van der Waals surface area contributed by atoms with Crippen molar-refractivity contribution in [3.63, 3.8) is 0 Å². The van der Waals surface area contributed by atoms with Gasteiger partial charge in [0.15, 0.2) is 0 Å². The zero-order valence-electron chi connectivity index (χ0n) is 11.7. The van der Waals surface area contributed by atoms with Crippen molar-refractivity contribution in [3.05, 3.63) is 56.2 Å². The summed E-state index contributed by atoms with van der Waals surface area (Å²) in [6, 6.07) is 6.17. The highest BCUT2D eigenvalue weighted by Gasteiger charge is 2.29. The van der Waals surface area contributed by atoms with Gasteiger partial charge in [-0.15, -0.1) is 23.7 Å². The Kier molecular flexibility index (Phi) is 6.35. The third-order valence-corrected chi connectivity index (χ3v) is 5.03. The molecule has 0 spiro atoms. The van der Waals surface area contributed by atoms with Gasteiger partial charge in [0, 0.05) is 41.1 Å². The van der Waals surface area contributed by atoms with Gasteiger partial charge in [0.2, 0.25) is 0 Å². The molecule has 1 aromatic carbocycles. The fraction of sp³-hybridized carbons (Fsp3) is 0.333. The predicted octanol–water partition coefficient (Wildman–Crippen LogP) is 4.21. The second-order valence-electron chi connectivity index (χ2n) is 4.99. The van der Waals surface area contributed by atoms with Crippen LogP contribution in [0.4, 0.5) is 8.78 Å². The van der Waals surface area contributed by atoms with Gasteiger partial charge in [-0.1, -0.05) is 22.0 Å². The summed E-state index contributed by atoms with van der Waals surface area (Å²) in [6.45, 7) is 3.22. The Morgan fingerprint density at radius 3 is 2.36 bits per heavy atom. The minimum Gasteiger partial charge on any atom is -0.314 e. The molecule has 3 rings (SSSR count). The average molecular weight is 410 g/mol. The van der Waals surface area contributed by atoms with Gasteiger partial charge in [-0.25, -0.2) is 8.78 Å². The van der Waals surface area contributed by atoms with Crippen LogP contribution >= 0.6 is 39.7 Å². The van der Waals surface area contributed by atoms with Crippen LogP contribution in [0.2, 0.25) is 0 Å². The highest BCUT2D eigenvalue weighted by Crippen LogP contribution is 2.36. The van der Waals surface area contributed by atoms with Crippen LogP contribution in [0.3, 0.4) is 0 Å². The van der Waals surface area contributed by atoms with Gasteiger partial charge in [0.1, 0.15) is 11.6 Å². The first kappa shape index (κ1) is 17.8. The van der Waals surface area contributed by atoms with Gasteiger partial charge in [0.05, 0.1) is 6.04 Å². The Morgan fingerprint density at radius 2 is 1.82 bits per heavy atom. The Morgan fingerprint density at radius 1 is 1.18 bits per heavy atom. The van der Waals surface area contributed by atoms with Crippen molar-refractivity contribution in [1.82, 2.24) is 10.2 Å². The molecule has 120 valence electrons. The lowest BCUT2D eigenvalue weighted by molar-refractivity contribution is 0.194. The normalized spacial score (nSPS) is 17.0. The number of halogens is 4. The van der Waals surface area contributed by atoms with Crippen LogP contribution < -0.4 is 5.32 Å². The first-order chi connectivity index (χ1) is 10.2. The summed E-state index contributed by atoms with van der Waals surface area (Å²) in [5.41, 5.74) is 0.141. The molecule has 0 radical (unpaired) electrons. The molecule has 7 heteroatoms. The largest absolute Gasteiger partial charge is 0.314 e. The molecular weight excluding hydrogens is 394 g/mol. The van der Waals surface area contributed by atoms with Crippen molar-refractivity contribution in [2.75, 3.05) is 26.2 Å². The minimum atomic E-state index is -0.501. The molecule has 0 saturated carbocycles. The van der Waals surface area contributed by atoms with E-state index in [1.165, 1.54) is 23.5 Å². The molecule has 1 saturated heterocycles. The van der Waals surface area contributed by atoms with E-state index < -0.39 is 11.6 Å². The molecule has 1 aliphatic rings. The number of benzene rings is 1. The third kappa shape index (κ3) is 3.68. The van der Waals surface area contributed by atoms with Crippen LogP contribution in [0.25, 0.3) is 0 Å². The lowest BCUT2D eigenvalue weighted by atomic mass is 10.0. The van der Waals surface area contributed by atoms with Gasteiger partial charge < -0.3 is 5.32 Å². The number of thiophene rings is 1. The smallest absolute Gasteiger partial charge is 0.132 e. The first-order valence-electron chi connectivity index (χ1n) is 6.79. The summed E-state index contributed by atoms with van der Waals surface area (Å²) in [7, 11) is 0. The number of rotatable bonds is 3. The lowest BCUT2D eigenvalue weighted by Crippen LogP contribution is -2.45. The Balaban J connectivity index is 0.00000176. The molecule has 1 aliphatic heterocycles. The van der Waals surface area contributed by atoms with E-state index in [-0.39, 0.29) is 24.0 Å². The summed E-state index contributed by atoms with van der Waals surface area (Å²) in [5.74, 6) is -1.00. The molecule has 2 aromatic rings. The van der Waals surface area contributed by atoms with Gasteiger partial charge >= 0.3 is 0 Å². The molecule has 0 aliphatic carbocycles. The first-order valence-corrected chi connectivity index (χ1v) is 8.46. The third-order valence-electron chi connectivity index (χ3n) is 3.65. The standard InChI is InChI=1S/C15H15BrF2N2S.ClH/c16-10-8-11(17)14(12(18)9-10)15(13-2-1-7-21-13)20-5-3-19-4-6-20;/h1-2,7-9,15,19H,3-6H2;1H/t15-;/m1./s1. The van der Waals surface area contributed by atoms with E-state index in [1.54, 1.807) is 0 Å². The van der Waals surface area contributed by atoms with E-state index in [4.69, 9.17) is 0 Å². The molecule has 1 N–H and O–H groups in total. The van der Waals surface area contributed by atoms with Crippen molar-refractivity contribution in [3.8, 4) is 0 Å². The van der Waals surface area contributed by atoms with Crippen LogP contribution in [0.1, 0.15) is 16.5 Å². The van der Waals surface area contributed by atoms with E-state index in [2.05, 4.69) is 26.1 Å². The maximum Gasteiger partial charge on any atom is 0.132 e. The Bertz CT molecular complexity index is 595. The topological polar surface area (TPSA) is 15.3 Å². The molecule has 22 heavy (non-hydrogen) atoms. The van der Waals surface area contributed by atoms with Gasteiger partial charge in [0.25, 0.3) is 0 Å². The van der Waals surface area contributed by atoms with E-state index >= 15 is 0 Å². The maximum atomic E-state index is 14.4. The number of hydrogen-bond acceptors (Lipinski definition) is 3. The minimum absolute atomic E-state index is 0. The maximum absolute atomic E-state index is 14.4. The van der Waals surface area contributed by atoms with Crippen LogP contribution in [-0.2, 0) is 0 Å². The van der Waals surface area contributed by atoms with Crippen molar-refractivity contribution < 1.29 is 8.78 Å². The summed E-state index contributed by atoms with van der Waals surface area (Å²) in [5, 5.41) is 5.22. The predicted molar refractivity (Wildman–Crippen MR) is 91.9 cm³/mol. The number of nitrogens with one attached hydrogen (secondary N) is 1.